The molecule has 1 unspecified atom stereocenters. The minimum absolute atomic E-state index is 0.196. The molecule has 1 N–H and O–H groups in total. The van der Waals surface area contributed by atoms with E-state index in [4.69, 9.17) is 4.74 Å². The summed E-state index contributed by atoms with van der Waals surface area (Å²) in [6.07, 6.45) is -2.51. The number of carbonyl (C=O) groups is 1. The molecule has 1 amide bonds. The van der Waals surface area contributed by atoms with Crippen molar-refractivity contribution in [2.24, 2.45) is 0 Å². The molecule has 1 rings (SSSR count). The maximum atomic E-state index is 12.5. The minimum Gasteiger partial charge on any atom is -0.444 e. The van der Waals surface area contributed by atoms with Gasteiger partial charge in [0.1, 0.15) is 5.60 Å². The van der Waals surface area contributed by atoms with Crippen LogP contribution >= 0.6 is 0 Å². The second kappa shape index (κ2) is 5.62. The van der Waals surface area contributed by atoms with Gasteiger partial charge in [-0.25, -0.2) is 13.6 Å². The summed E-state index contributed by atoms with van der Waals surface area (Å²) in [5.41, 5.74) is -0.663. The maximum Gasteiger partial charge on any atom is 0.410 e. The number of halogens is 2. The third-order valence-electron chi connectivity index (χ3n) is 2.44. The van der Waals surface area contributed by atoms with Crippen LogP contribution in [0.4, 0.5) is 13.6 Å². The van der Waals surface area contributed by atoms with Crippen molar-refractivity contribution in [1.29, 1.82) is 0 Å². The lowest BCUT2D eigenvalue weighted by Gasteiger charge is -2.31. The molecule has 100 valence electrons. The topological polar surface area (TPSA) is 41.6 Å². The summed E-state index contributed by atoms with van der Waals surface area (Å²) in [5, 5.41) is 3.05. The van der Waals surface area contributed by atoms with Gasteiger partial charge >= 0.3 is 6.09 Å². The molecule has 0 aliphatic carbocycles. The van der Waals surface area contributed by atoms with Gasteiger partial charge in [0.2, 0.25) is 0 Å². The normalized spacial score (nSPS) is 20.7. The number of rotatable bonds is 3. The Kier molecular flexibility index (Phi) is 4.68. The third-order valence-corrected chi connectivity index (χ3v) is 2.44. The average Bonchev–Trinajstić information content (AvgIpc) is 2.63. The molecule has 6 heteroatoms. The Hall–Kier alpha value is -0.910. The first-order valence-corrected chi connectivity index (χ1v) is 5.78. The lowest BCUT2D eigenvalue weighted by molar-refractivity contribution is 0.00104. The highest BCUT2D eigenvalue weighted by molar-refractivity contribution is 5.68. The van der Waals surface area contributed by atoms with Crippen LogP contribution in [0.25, 0.3) is 0 Å². The largest absolute Gasteiger partial charge is 0.444 e. The molecular weight excluding hydrogens is 230 g/mol. The van der Waals surface area contributed by atoms with Gasteiger partial charge in [-0.3, -0.25) is 4.90 Å². The fourth-order valence-corrected chi connectivity index (χ4v) is 1.75. The summed E-state index contributed by atoms with van der Waals surface area (Å²) in [6.45, 7) is 5.88. The number of hydrogen-bond acceptors (Lipinski definition) is 3. The van der Waals surface area contributed by atoms with Crippen molar-refractivity contribution in [3.63, 3.8) is 0 Å². The van der Waals surface area contributed by atoms with Gasteiger partial charge in [0.25, 0.3) is 6.43 Å². The number of carbonyl (C=O) groups excluding carboxylic acids is 1. The van der Waals surface area contributed by atoms with Crippen LogP contribution in [0.5, 0.6) is 0 Å². The molecule has 1 saturated heterocycles. The molecule has 0 aromatic heterocycles. The summed E-state index contributed by atoms with van der Waals surface area (Å²) < 4.78 is 30.1. The molecule has 1 fully saturated rings. The first-order chi connectivity index (χ1) is 7.79. The standard InChI is InChI=1S/C11H20F2N2O2/c1-11(2,3)17-10(16)15(7-9(12)13)8-4-5-14-6-8/h8-9,14H,4-7H2,1-3H3. The number of nitrogens with one attached hydrogen (secondary N) is 1. The van der Waals surface area contributed by atoms with E-state index in [-0.39, 0.29) is 6.04 Å². The van der Waals surface area contributed by atoms with Crippen molar-refractivity contribution >= 4 is 6.09 Å². The number of hydrogen-bond donors (Lipinski definition) is 1. The van der Waals surface area contributed by atoms with Gasteiger partial charge in [0.05, 0.1) is 6.54 Å². The second-order valence-electron chi connectivity index (χ2n) is 5.17. The highest BCUT2D eigenvalue weighted by atomic mass is 19.3. The number of alkyl halides is 2. The Morgan fingerprint density at radius 2 is 2.18 bits per heavy atom. The molecule has 0 radical (unpaired) electrons. The molecule has 17 heavy (non-hydrogen) atoms. The first-order valence-electron chi connectivity index (χ1n) is 5.78. The number of amides is 1. The lowest BCUT2D eigenvalue weighted by atomic mass is 10.2. The fraction of sp³-hybridized carbons (Fsp3) is 0.909. The Bertz CT molecular complexity index is 261. The number of nitrogens with zero attached hydrogens (tertiary/aromatic N) is 1. The zero-order chi connectivity index (χ0) is 13.1. The zero-order valence-corrected chi connectivity index (χ0v) is 10.5. The molecule has 1 aliphatic heterocycles. The monoisotopic (exact) mass is 250 g/mol. The molecule has 0 saturated carbocycles. The van der Waals surface area contributed by atoms with E-state index in [1.165, 1.54) is 0 Å². The van der Waals surface area contributed by atoms with Crippen molar-refractivity contribution < 1.29 is 18.3 Å². The van der Waals surface area contributed by atoms with E-state index >= 15 is 0 Å². The van der Waals surface area contributed by atoms with E-state index in [2.05, 4.69) is 5.32 Å². The molecule has 0 aromatic rings. The molecule has 0 bridgehead atoms. The van der Waals surface area contributed by atoms with Crippen molar-refractivity contribution in [1.82, 2.24) is 10.2 Å². The van der Waals surface area contributed by atoms with Gasteiger partial charge in [0, 0.05) is 12.6 Å². The van der Waals surface area contributed by atoms with Crippen LogP contribution < -0.4 is 5.32 Å². The summed E-state index contributed by atoms with van der Waals surface area (Å²) in [7, 11) is 0. The quantitative estimate of drug-likeness (QED) is 0.831. The zero-order valence-electron chi connectivity index (χ0n) is 10.5. The van der Waals surface area contributed by atoms with Crippen LogP contribution in [0.1, 0.15) is 27.2 Å². The van der Waals surface area contributed by atoms with Crippen LogP contribution in [0.3, 0.4) is 0 Å². The molecule has 1 heterocycles. The van der Waals surface area contributed by atoms with Crippen LogP contribution in [0.15, 0.2) is 0 Å². The lowest BCUT2D eigenvalue weighted by Crippen LogP contribution is -2.46. The molecule has 1 aliphatic rings. The van der Waals surface area contributed by atoms with Crippen molar-refractivity contribution in [3.05, 3.63) is 0 Å². The minimum atomic E-state index is -2.54. The van der Waals surface area contributed by atoms with Gasteiger partial charge in [-0.1, -0.05) is 0 Å². The molecular formula is C11H20F2N2O2. The van der Waals surface area contributed by atoms with Gasteiger partial charge in [-0.05, 0) is 33.7 Å². The summed E-state index contributed by atoms with van der Waals surface area (Å²) in [5.74, 6) is 0. The van der Waals surface area contributed by atoms with E-state index in [0.29, 0.717) is 13.0 Å². The summed E-state index contributed by atoms with van der Waals surface area (Å²) in [6, 6.07) is -0.196. The Labute approximate surface area is 100 Å². The fourth-order valence-electron chi connectivity index (χ4n) is 1.75. The van der Waals surface area contributed by atoms with E-state index in [1.54, 1.807) is 20.8 Å². The van der Waals surface area contributed by atoms with Gasteiger partial charge in [-0.15, -0.1) is 0 Å². The Morgan fingerprint density at radius 3 is 2.59 bits per heavy atom. The second-order valence-corrected chi connectivity index (χ2v) is 5.17. The van der Waals surface area contributed by atoms with Crippen molar-refractivity contribution in [2.45, 2.75) is 45.3 Å². The van der Waals surface area contributed by atoms with E-state index in [9.17, 15) is 13.6 Å². The summed E-state index contributed by atoms with van der Waals surface area (Å²) >= 11 is 0. The Morgan fingerprint density at radius 1 is 1.53 bits per heavy atom. The van der Waals surface area contributed by atoms with Crippen molar-refractivity contribution in [2.75, 3.05) is 19.6 Å². The number of ether oxygens (including phenoxy) is 1. The SMILES string of the molecule is CC(C)(C)OC(=O)N(CC(F)F)C1CCNC1. The molecule has 4 nitrogen and oxygen atoms in total. The Balaban J connectivity index is 2.64. The van der Waals surface area contributed by atoms with Crippen LogP contribution in [-0.4, -0.2) is 48.7 Å². The molecule has 0 aromatic carbocycles. The van der Waals surface area contributed by atoms with E-state index in [0.717, 1.165) is 11.4 Å². The van der Waals surface area contributed by atoms with Crippen LogP contribution in [0.2, 0.25) is 0 Å². The highest BCUT2D eigenvalue weighted by Gasteiger charge is 2.31. The summed E-state index contributed by atoms with van der Waals surface area (Å²) in [4.78, 5) is 13.0. The van der Waals surface area contributed by atoms with Gasteiger partial charge in [-0.2, -0.15) is 0 Å². The smallest absolute Gasteiger partial charge is 0.410 e. The van der Waals surface area contributed by atoms with Crippen LogP contribution in [0, 0.1) is 0 Å². The molecule has 1 atom stereocenters. The predicted octanol–water partition coefficient (Wildman–Crippen LogP) is 1.85. The van der Waals surface area contributed by atoms with E-state index < -0.39 is 24.7 Å². The maximum absolute atomic E-state index is 12.5. The predicted molar refractivity (Wildman–Crippen MR) is 60.2 cm³/mol. The highest BCUT2D eigenvalue weighted by Crippen LogP contribution is 2.16. The van der Waals surface area contributed by atoms with Crippen LogP contribution in [-0.2, 0) is 4.74 Å². The third kappa shape index (κ3) is 4.85. The average molecular weight is 250 g/mol. The van der Waals surface area contributed by atoms with E-state index in [1.807, 2.05) is 0 Å². The molecule has 0 spiro atoms. The van der Waals surface area contributed by atoms with Gasteiger partial charge in [0.15, 0.2) is 0 Å². The van der Waals surface area contributed by atoms with Crippen molar-refractivity contribution in [3.8, 4) is 0 Å². The first kappa shape index (κ1) is 14.2. The van der Waals surface area contributed by atoms with Gasteiger partial charge < -0.3 is 10.1 Å².